The number of piperazine rings is 1. The molecule has 172 valence electrons. The van der Waals surface area contributed by atoms with E-state index in [9.17, 15) is 5.11 Å². The largest absolute Gasteiger partial charge is 0.390 e. The highest BCUT2D eigenvalue weighted by Crippen LogP contribution is 2.33. The molecular weight excluding hydrogens is 442 g/mol. The Morgan fingerprint density at radius 3 is 2.75 bits per heavy atom. The van der Waals surface area contributed by atoms with Crippen molar-refractivity contribution in [3.63, 3.8) is 0 Å². The van der Waals surface area contributed by atoms with Crippen LogP contribution in [0.3, 0.4) is 0 Å². The molecule has 32 heavy (non-hydrogen) atoms. The van der Waals surface area contributed by atoms with Crippen LogP contribution in [0, 0.1) is 0 Å². The van der Waals surface area contributed by atoms with Gasteiger partial charge in [0, 0.05) is 38.8 Å². The Bertz CT molecular complexity index is 1050. The van der Waals surface area contributed by atoms with Crippen molar-refractivity contribution in [2.45, 2.75) is 50.8 Å². The van der Waals surface area contributed by atoms with E-state index in [2.05, 4.69) is 43.3 Å². The van der Waals surface area contributed by atoms with Gasteiger partial charge in [-0.05, 0) is 68.7 Å². The summed E-state index contributed by atoms with van der Waals surface area (Å²) in [6, 6.07) is 4.47. The number of nitrogens with zero attached hydrogens (tertiary/aromatic N) is 5. The lowest BCUT2D eigenvalue weighted by Gasteiger charge is -2.33. The Hall–Kier alpha value is -1.85. The van der Waals surface area contributed by atoms with Crippen molar-refractivity contribution in [2.24, 2.45) is 0 Å². The van der Waals surface area contributed by atoms with E-state index < -0.39 is 5.60 Å². The summed E-state index contributed by atoms with van der Waals surface area (Å²) >= 11 is 3.12. The smallest absolute Gasteiger partial charge is 0.230 e. The van der Waals surface area contributed by atoms with Crippen LogP contribution in [0.15, 0.2) is 17.5 Å². The Morgan fingerprint density at radius 1 is 1.19 bits per heavy atom. The second kappa shape index (κ2) is 9.18. The monoisotopic (exact) mass is 473 g/mol. The van der Waals surface area contributed by atoms with Crippen molar-refractivity contribution in [1.82, 2.24) is 24.1 Å². The van der Waals surface area contributed by atoms with Gasteiger partial charge in [-0.1, -0.05) is 0 Å². The molecule has 0 atom stereocenters. The molecule has 10 heteroatoms. The Balaban J connectivity index is 1.27. The number of rotatable bonds is 6. The minimum absolute atomic E-state index is 0.321. The van der Waals surface area contributed by atoms with Gasteiger partial charge in [0.15, 0.2) is 0 Å². The first-order chi connectivity index (χ1) is 15.4. The second-order valence-electron chi connectivity index (χ2n) is 9.33. The molecular formula is C22H31N7OS2. The zero-order chi connectivity index (χ0) is 22.1. The van der Waals surface area contributed by atoms with Gasteiger partial charge in [-0.2, -0.15) is 9.36 Å². The van der Waals surface area contributed by atoms with Gasteiger partial charge in [-0.25, -0.2) is 4.98 Å². The maximum absolute atomic E-state index is 10.3. The predicted octanol–water partition coefficient (Wildman–Crippen LogP) is 3.74. The molecule has 3 N–H and O–H groups in total. The third-order valence-corrected chi connectivity index (χ3v) is 8.14. The fraction of sp³-hybridized carbons (Fsp3) is 0.591. The third kappa shape index (κ3) is 5.20. The minimum Gasteiger partial charge on any atom is -0.390 e. The van der Waals surface area contributed by atoms with Crippen LogP contribution in [0.5, 0.6) is 0 Å². The zero-order valence-electron chi connectivity index (χ0n) is 18.7. The van der Waals surface area contributed by atoms with Gasteiger partial charge in [0.05, 0.1) is 21.5 Å². The first-order valence-electron chi connectivity index (χ1n) is 11.3. The van der Waals surface area contributed by atoms with Gasteiger partial charge in [-0.15, -0.1) is 11.3 Å². The molecule has 0 spiro atoms. The van der Waals surface area contributed by atoms with Gasteiger partial charge in [0.25, 0.3) is 0 Å². The number of hydrogen-bond donors (Lipinski definition) is 3. The first kappa shape index (κ1) is 22.0. The van der Waals surface area contributed by atoms with Gasteiger partial charge in [0.2, 0.25) is 5.95 Å². The number of fused-ring (bicyclic) bond motifs is 1. The number of likely N-dealkylation sites (N-methyl/N-ethyl adjacent to an activating group) is 1. The highest BCUT2D eigenvalue weighted by atomic mass is 32.1. The lowest BCUT2D eigenvalue weighted by molar-refractivity contribution is 0.0196. The minimum atomic E-state index is -0.539. The molecule has 1 aliphatic heterocycles. The first-order valence-corrected chi connectivity index (χ1v) is 13.0. The molecule has 0 radical (unpaired) electrons. The van der Waals surface area contributed by atoms with Crippen LogP contribution in [0.2, 0.25) is 0 Å². The average Bonchev–Trinajstić information content (AvgIpc) is 3.41. The number of aromatic nitrogens is 3. The SMILES string of the molecule is CN1CCN(Cc2cc(Nc3nc(N[C@H]4CC[C@](C)(O)CC4)c4sccc4n3)sn2)CC1. The van der Waals surface area contributed by atoms with Gasteiger partial charge in [-0.3, -0.25) is 4.90 Å². The van der Waals surface area contributed by atoms with Crippen LogP contribution in [-0.2, 0) is 6.54 Å². The molecule has 1 saturated heterocycles. The molecule has 2 fully saturated rings. The average molecular weight is 474 g/mol. The van der Waals surface area contributed by atoms with E-state index in [0.717, 1.165) is 85.1 Å². The van der Waals surface area contributed by atoms with Crippen molar-refractivity contribution in [2.75, 3.05) is 43.9 Å². The fourth-order valence-electron chi connectivity index (χ4n) is 4.39. The van der Waals surface area contributed by atoms with E-state index in [1.807, 2.05) is 13.0 Å². The molecule has 0 unspecified atom stereocenters. The maximum atomic E-state index is 10.3. The normalized spacial score (nSPS) is 25.3. The summed E-state index contributed by atoms with van der Waals surface area (Å²) in [6.45, 7) is 7.20. The zero-order valence-corrected chi connectivity index (χ0v) is 20.3. The molecule has 1 aliphatic carbocycles. The van der Waals surface area contributed by atoms with Gasteiger partial charge < -0.3 is 20.6 Å². The lowest BCUT2D eigenvalue weighted by atomic mass is 9.84. The summed E-state index contributed by atoms with van der Waals surface area (Å²) in [4.78, 5) is 14.3. The standard InChI is InChI=1S/C22H31N7OS2/c1-22(30)6-3-15(4-7-22)23-20-19-17(5-12-31-19)24-21(26-20)25-18-13-16(27-32-18)14-29-10-8-28(2)9-11-29/h5,12-13,15,30H,3-4,6-11,14H2,1-2H3,(H2,23,24,25,26)/t15-,22-. The lowest BCUT2D eigenvalue weighted by Crippen LogP contribution is -2.43. The summed E-state index contributed by atoms with van der Waals surface area (Å²) in [5, 5.41) is 20.3. The van der Waals surface area contributed by atoms with E-state index in [1.165, 1.54) is 11.5 Å². The van der Waals surface area contributed by atoms with Crippen LogP contribution < -0.4 is 10.6 Å². The van der Waals surface area contributed by atoms with E-state index in [-0.39, 0.29) is 0 Å². The number of anilines is 3. The van der Waals surface area contributed by atoms with Crippen LogP contribution >= 0.6 is 22.9 Å². The molecule has 0 aromatic carbocycles. The van der Waals surface area contributed by atoms with Crippen molar-refractivity contribution < 1.29 is 5.11 Å². The van der Waals surface area contributed by atoms with Crippen LogP contribution in [0.25, 0.3) is 10.2 Å². The molecule has 8 nitrogen and oxygen atoms in total. The molecule has 0 bridgehead atoms. The van der Waals surface area contributed by atoms with E-state index in [1.54, 1.807) is 11.3 Å². The molecule has 3 aromatic heterocycles. The van der Waals surface area contributed by atoms with Crippen molar-refractivity contribution in [3.05, 3.63) is 23.2 Å². The molecule has 5 rings (SSSR count). The predicted molar refractivity (Wildman–Crippen MR) is 132 cm³/mol. The van der Waals surface area contributed by atoms with E-state index >= 15 is 0 Å². The van der Waals surface area contributed by atoms with E-state index in [0.29, 0.717) is 12.0 Å². The summed E-state index contributed by atoms with van der Waals surface area (Å²) in [5.41, 5.74) is 1.49. The Morgan fingerprint density at radius 2 is 1.97 bits per heavy atom. The molecule has 2 aliphatic rings. The Labute approximate surface area is 196 Å². The molecule has 1 saturated carbocycles. The number of hydrogen-bond acceptors (Lipinski definition) is 10. The number of aliphatic hydroxyl groups is 1. The van der Waals surface area contributed by atoms with Crippen molar-refractivity contribution >= 4 is 49.9 Å². The van der Waals surface area contributed by atoms with Gasteiger partial charge >= 0.3 is 0 Å². The number of nitrogens with one attached hydrogen (secondary N) is 2. The quantitative estimate of drug-likeness (QED) is 0.499. The second-order valence-corrected chi connectivity index (χ2v) is 11.1. The summed E-state index contributed by atoms with van der Waals surface area (Å²) in [6.07, 6.45) is 3.50. The third-order valence-electron chi connectivity index (χ3n) is 6.48. The topological polar surface area (TPSA) is 89.4 Å². The van der Waals surface area contributed by atoms with Crippen molar-refractivity contribution in [3.8, 4) is 0 Å². The Kier molecular flexibility index (Phi) is 6.31. The van der Waals surface area contributed by atoms with E-state index in [4.69, 9.17) is 9.97 Å². The van der Waals surface area contributed by atoms with Gasteiger partial charge in [0.1, 0.15) is 10.8 Å². The van der Waals surface area contributed by atoms with Crippen LogP contribution in [0.1, 0.15) is 38.3 Å². The van der Waals surface area contributed by atoms with Crippen LogP contribution in [0.4, 0.5) is 16.8 Å². The highest BCUT2D eigenvalue weighted by Gasteiger charge is 2.29. The summed E-state index contributed by atoms with van der Waals surface area (Å²) in [7, 11) is 2.17. The maximum Gasteiger partial charge on any atom is 0.230 e. The molecule has 4 heterocycles. The molecule has 3 aromatic rings. The molecule has 0 amide bonds. The van der Waals surface area contributed by atoms with Crippen molar-refractivity contribution in [1.29, 1.82) is 0 Å². The summed E-state index contributed by atoms with van der Waals surface area (Å²) in [5.74, 6) is 1.47. The number of thiophene rings is 1. The van der Waals surface area contributed by atoms with Crippen LogP contribution in [-0.4, -0.2) is 74.1 Å². The highest BCUT2D eigenvalue weighted by molar-refractivity contribution is 7.17. The summed E-state index contributed by atoms with van der Waals surface area (Å²) < 4.78 is 5.72. The fourth-order valence-corrected chi connectivity index (χ4v) is 5.82.